The van der Waals surface area contributed by atoms with E-state index in [1.54, 1.807) is 7.11 Å². The first-order chi connectivity index (χ1) is 10.3. The van der Waals surface area contributed by atoms with Gasteiger partial charge in [0.15, 0.2) is 0 Å². The van der Waals surface area contributed by atoms with E-state index in [0.29, 0.717) is 12.4 Å². The van der Waals surface area contributed by atoms with Gasteiger partial charge in [0.05, 0.1) is 18.7 Å². The van der Waals surface area contributed by atoms with Crippen LogP contribution in [0.5, 0.6) is 5.88 Å². The lowest BCUT2D eigenvalue weighted by Crippen LogP contribution is -2.41. The highest BCUT2D eigenvalue weighted by atomic mass is 16.5. The molecule has 4 heteroatoms. The van der Waals surface area contributed by atoms with E-state index in [-0.39, 0.29) is 12.1 Å². The molecule has 1 saturated carbocycles. The molecule has 2 unspecified atom stereocenters. The Morgan fingerprint density at radius 2 is 2.10 bits per heavy atom. The van der Waals surface area contributed by atoms with Crippen LogP contribution in [0, 0.1) is 0 Å². The van der Waals surface area contributed by atoms with Crippen LogP contribution >= 0.6 is 0 Å². The second-order valence-electron chi connectivity index (χ2n) is 5.69. The molecule has 21 heavy (non-hydrogen) atoms. The smallest absolute Gasteiger partial charge is 0.218 e. The van der Waals surface area contributed by atoms with Gasteiger partial charge in [0.1, 0.15) is 0 Å². The first-order valence-corrected chi connectivity index (χ1v) is 7.62. The lowest BCUT2D eigenvalue weighted by Gasteiger charge is -2.28. The lowest BCUT2D eigenvalue weighted by atomic mass is 9.92. The van der Waals surface area contributed by atoms with Crippen molar-refractivity contribution in [3.8, 4) is 5.88 Å². The number of hydrogen-bond donors (Lipinski definition) is 2. The zero-order valence-electron chi connectivity index (χ0n) is 12.4. The van der Waals surface area contributed by atoms with Crippen molar-refractivity contribution in [2.75, 3.05) is 7.11 Å². The van der Waals surface area contributed by atoms with Gasteiger partial charge in [-0.1, -0.05) is 31.0 Å². The summed E-state index contributed by atoms with van der Waals surface area (Å²) in [6.07, 6.45) is 4.00. The molecule has 3 rings (SSSR count). The summed E-state index contributed by atoms with van der Waals surface area (Å²) < 4.78 is 5.41. The second-order valence-corrected chi connectivity index (χ2v) is 5.69. The number of ether oxygens (including phenoxy) is 1. The maximum absolute atomic E-state index is 10.0. The molecule has 4 nitrogen and oxygen atoms in total. The second kappa shape index (κ2) is 6.41. The van der Waals surface area contributed by atoms with Crippen molar-refractivity contribution >= 4 is 10.9 Å². The van der Waals surface area contributed by atoms with Crippen LogP contribution in [-0.4, -0.2) is 29.3 Å². The van der Waals surface area contributed by atoms with E-state index in [1.165, 1.54) is 6.42 Å². The Morgan fingerprint density at radius 1 is 1.29 bits per heavy atom. The molecule has 1 aromatic carbocycles. The van der Waals surface area contributed by atoms with E-state index in [4.69, 9.17) is 4.74 Å². The predicted octanol–water partition coefficient (Wildman–Crippen LogP) is 2.64. The molecule has 0 saturated heterocycles. The Hall–Kier alpha value is -1.65. The summed E-state index contributed by atoms with van der Waals surface area (Å²) in [7, 11) is 1.65. The van der Waals surface area contributed by atoms with E-state index in [2.05, 4.69) is 22.4 Å². The zero-order chi connectivity index (χ0) is 14.7. The third-order valence-electron chi connectivity index (χ3n) is 4.24. The molecule has 0 bridgehead atoms. The van der Waals surface area contributed by atoms with Gasteiger partial charge in [-0.05, 0) is 25.0 Å². The Morgan fingerprint density at radius 3 is 2.90 bits per heavy atom. The number of aliphatic hydroxyl groups is 1. The number of aromatic nitrogens is 1. The summed E-state index contributed by atoms with van der Waals surface area (Å²) in [5.74, 6) is 0.659. The zero-order valence-corrected chi connectivity index (χ0v) is 12.4. The molecule has 112 valence electrons. The fraction of sp³-hybridized carbons (Fsp3) is 0.471. The van der Waals surface area contributed by atoms with Crippen molar-refractivity contribution in [1.29, 1.82) is 0 Å². The van der Waals surface area contributed by atoms with Crippen LogP contribution in [0.25, 0.3) is 10.9 Å². The summed E-state index contributed by atoms with van der Waals surface area (Å²) >= 11 is 0. The minimum absolute atomic E-state index is 0.176. The molecular weight excluding hydrogens is 264 g/mol. The van der Waals surface area contributed by atoms with E-state index in [0.717, 1.165) is 35.7 Å². The van der Waals surface area contributed by atoms with Gasteiger partial charge < -0.3 is 15.2 Å². The van der Waals surface area contributed by atoms with Crippen molar-refractivity contribution in [2.24, 2.45) is 0 Å². The Balaban J connectivity index is 1.79. The average molecular weight is 286 g/mol. The average Bonchev–Trinajstić information content (AvgIpc) is 2.53. The number of para-hydroxylation sites is 1. The molecule has 1 aromatic heterocycles. The Kier molecular flexibility index (Phi) is 4.36. The molecular formula is C17H22N2O2. The Bertz CT molecular complexity index is 615. The van der Waals surface area contributed by atoms with Gasteiger partial charge in [-0.2, -0.15) is 0 Å². The van der Waals surface area contributed by atoms with Gasteiger partial charge in [0, 0.05) is 23.5 Å². The highest BCUT2D eigenvalue weighted by Crippen LogP contribution is 2.23. The molecule has 1 aliphatic rings. The van der Waals surface area contributed by atoms with Crippen molar-refractivity contribution in [2.45, 2.75) is 44.4 Å². The highest BCUT2D eigenvalue weighted by molar-refractivity contribution is 5.80. The van der Waals surface area contributed by atoms with Gasteiger partial charge in [-0.3, -0.25) is 0 Å². The number of nitrogens with zero attached hydrogens (tertiary/aromatic N) is 1. The van der Waals surface area contributed by atoms with Gasteiger partial charge in [-0.15, -0.1) is 0 Å². The lowest BCUT2D eigenvalue weighted by molar-refractivity contribution is 0.0901. The fourth-order valence-corrected chi connectivity index (χ4v) is 3.04. The number of rotatable bonds is 4. The molecule has 0 spiro atoms. The molecule has 2 aromatic rings. The van der Waals surface area contributed by atoms with Crippen LogP contribution in [-0.2, 0) is 6.54 Å². The SMILES string of the molecule is COc1nc2ccccc2cc1CNC1CCCCC1O. The maximum Gasteiger partial charge on any atom is 0.218 e. The largest absolute Gasteiger partial charge is 0.481 e. The number of nitrogens with one attached hydrogen (secondary N) is 1. The van der Waals surface area contributed by atoms with Crippen LogP contribution in [0.15, 0.2) is 30.3 Å². The number of aliphatic hydroxyl groups excluding tert-OH is 1. The maximum atomic E-state index is 10.0. The topological polar surface area (TPSA) is 54.4 Å². The minimum Gasteiger partial charge on any atom is -0.481 e. The van der Waals surface area contributed by atoms with Gasteiger partial charge >= 0.3 is 0 Å². The molecule has 0 amide bonds. The molecule has 2 atom stereocenters. The summed E-state index contributed by atoms with van der Waals surface area (Å²) in [5, 5.41) is 14.6. The van der Waals surface area contributed by atoms with E-state index >= 15 is 0 Å². The summed E-state index contributed by atoms with van der Waals surface area (Å²) in [4.78, 5) is 4.55. The van der Waals surface area contributed by atoms with Crippen molar-refractivity contribution in [1.82, 2.24) is 10.3 Å². The molecule has 2 N–H and O–H groups in total. The van der Waals surface area contributed by atoms with Crippen LogP contribution < -0.4 is 10.1 Å². The van der Waals surface area contributed by atoms with Gasteiger partial charge in [0.25, 0.3) is 0 Å². The van der Waals surface area contributed by atoms with Crippen molar-refractivity contribution in [3.05, 3.63) is 35.9 Å². The normalized spacial score (nSPS) is 22.4. The fourth-order valence-electron chi connectivity index (χ4n) is 3.04. The third-order valence-corrected chi connectivity index (χ3v) is 4.24. The first-order valence-electron chi connectivity index (χ1n) is 7.62. The summed E-state index contributed by atoms with van der Waals surface area (Å²) in [5.41, 5.74) is 1.98. The Labute approximate surface area is 125 Å². The van der Waals surface area contributed by atoms with Gasteiger partial charge in [0.2, 0.25) is 5.88 Å². The number of hydrogen-bond acceptors (Lipinski definition) is 4. The number of fused-ring (bicyclic) bond motifs is 1. The highest BCUT2D eigenvalue weighted by Gasteiger charge is 2.22. The van der Waals surface area contributed by atoms with Crippen LogP contribution in [0.2, 0.25) is 0 Å². The van der Waals surface area contributed by atoms with Crippen molar-refractivity contribution < 1.29 is 9.84 Å². The molecule has 1 aliphatic carbocycles. The first kappa shape index (κ1) is 14.3. The molecule has 1 fully saturated rings. The standard InChI is InChI=1S/C17H22N2O2/c1-21-17-13(10-12-6-2-3-7-14(12)19-17)11-18-15-8-4-5-9-16(15)20/h2-3,6-7,10,15-16,18,20H,4-5,8-9,11H2,1H3. The third kappa shape index (κ3) is 3.17. The van der Waals surface area contributed by atoms with E-state index in [1.807, 2.05) is 18.2 Å². The minimum atomic E-state index is -0.238. The number of benzene rings is 1. The predicted molar refractivity (Wildman–Crippen MR) is 83.4 cm³/mol. The summed E-state index contributed by atoms with van der Waals surface area (Å²) in [6.45, 7) is 0.669. The van der Waals surface area contributed by atoms with Gasteiger partial charge in [-0.25, -0.2) is 4.98 Å². The molecule has 0 radical (unpaired) electrons. The monoisotopic (exact) mass is 286 g/mol. The number of methoxy groups -OCH3 is 1. The van der Waals surface area contributed by atoms with Crippen LogP contribution in [0.3, 0.4) is 0 Å². The van der Waals surface area contributed by atoms with E-state index in [9.17, 15) is 5.11 Å². The summed E-state index contributed by atoms with van der Waals surface area (Å²) in [6, 6.07) is 10.3. The quantitative estimate of drug-likeness (QED) is 0.907. The molecule has 1 heterocycles. The van der Waals surface area contributed by atoms with E-state index < -0.39 is 0 Å². The van der Waals surface area contributed by atoms with Crippen molar-refractivity contribution in [3.63, 3.8) is 0 Å². The number of pyridine rings is 1. The molecule has 0 aliphatic heterocycles. The van der Waals surface area contributed by atoms with Crippen LogP contribution in [0.4, 0.5) is 0 Å². The van der Waals surface area contributed by atoms with Crippen LogP contribution in [0.1, 0.15) is 31.2 Å².